The van der Waals surface area contributed by atoms with Crippen molar-refractivity contribution < 1.29 is 0 Å². The van der Waals surface area contributed by atoms with Crippen LogP contribution in [0, 0.1) is 17.3 Å². The first kappa shape index (κ1) is 13.8. The predicted octanol–water partition coefficient (Wildman–Crippen LogP) is 5.01. The summed E-state index contributed by atoms with van der Waals surface area (Å²) in [5.74, 6) is 7.24. The Morgan fingerprint density at radius 3 is 2.29 bits per heavy atom. The van der Waals surface area contributed by atoms with E-state index in [1.165, 1.54) is 24.8 Å². The molecule has 0 aliphatic rings. The lowest BCUT2D eigenvalue weighted by Gasteiger charge is -2.13. The van der Waals surface area contributed by atoms with Crippen molar-refractivity contribution in [2.45, 2.75) is 52.9 Å². The lowest BCUT2D eigenvalue weighted by atomic mass is 9.91. The molecule has 0 aromatic heterocycles. The van der Waals surface area contributed by atoms with E-state index in [1.54, 1.807) is 0 Å². The number of hydrogen-bond donors (Lipinski definition) is 0. The average Bonchev–Trinajstić information content (AvgIpc) is 2.29. The molecule has 0 N–H and O–H groups in total. The highest BCUT2D eigenvalue weighted by molar-refractivity contribution is 5.28. The van der Waals surface area contributed by atoms with Crippen molar-refractivity contribution in [1.29, 1.82) is 0 Å². The maximum absolute atomic E-state index is 3.46. The van der Waals surface area contributed by atoms with Gasteiger partial charge in [-0.1, -0.05) is 61.9 Å². The van der Waals surface area contributed by atoms with Crippen LogP contribution in [0.5, 0.6) is 0 Å². The molecule has 92 valence electrons. The highest BCUT2D eigenvalue weighted by Crippen LogP contribution is 2.22. The fourth-order valence-electron chi connectivity index (χ4n) is 1.72. The quantitative estimate of drug-likeness (QED) is 0.635. The molecule has 0 heterocycles. The molecule has 0 fully saturated rings. The van der Waals surface area contributed by atoms with Crippen molar-refractivity contribution in [3.8, 4) is 11.8 Å². The molecule has 1 aromatic rings. The van der Waals surface area contributed by atoms with Gasteiger partial charge in [0.2, 0.25) is 0 Å². The van der Waals surface area contributed by atoms with Crippen LogP contribution in [0.15, 0.2) is 30.3 Å². The molecule has 0 amide bonds. The lowest BCUT2D eigenvalue weighted by Crippen LogP contribution is -2.02. The van der Waals surface area contributed by atoms with Crippen LogP contribution in [0.25, 0.3) is 0 Å². The molecule has 1 rings (SSSR count). The summed E-state index contributed by atoms with van der Waals surface area (Å²) in [6.07, 6.45) is 3.66. The molecular weight excluding hydrogens is 204 g/mol. The van der Waals surface area contributed by atoms with Crippen molar-refractivity contribution in [3.05, 3.63) is 35.9 Å². The van der Waals surface area contributed by atoms with Crippen LogP contribution in [0.3, 0.4) is 0 Å². The SMILES string of the molecule is CCCCC(C#CC(C)(C)C)c1ccccc1. The molecule has 0 radical (unpaired) electrons. The molecule has 1 unspecified atom stereocenters. The van der Waals surface area contributed by atoms with Crippen LogP contribution in [0.4, 0.5) is 0 Å². The fraction of sp³-hybridized carbons (Fsp3) is 0.529. The summed E-state index contributed by atoms with van der Waals surface area (Å²) in [5, 5.41) is 0. The van der Waals surface area contributed by atoms with Gasteiger partial charge >= 0.3 is 0 Å². The van der Waals surface area contributed by atoms with E-state index in [4.69, 9.17) is 0 Å². The molecule has 0 bridgehead atoms. The number of rotatable bonds is 4. The molecule has 0 aliphatic carbocycles. The molecule has 0 heteroatoms. The minimum absolute atomic E-state index is 0.0965. The third-order valence-electron chi connectivity index (χ3n) is 2.67. The van der Waals surface area contributed by atoms with Gasteiger partial charge in [0.25, 0.3) is 0 Å². The first-order valence-electron chi connectivity index (χ1n) is 6.60. The largest absolute Gasteiger partial charge is 0.0967 e. The van der Waals surface area contributed by atoms with Gasteiger partial charge in [0.1, 0.15) is 0 Å². The Morgan fingerprint density at radius 1 is 1.12 bits per heavy atom. The summed E-state index contributed by atoms with van der Waals surface area (Å²) in [4.78, 5) is 0. The maximum atomic E-state index is 3.46. The van der Waals surface area contributed by atoms with Crippen molar-refractivity contribution in [2.24, 2.45) is 5.41 Å². The van der Waals surface area contributed by atoms with Crippen LogP contribution in [0.1, 0.15) is 58.4 Å². The van der Waals surface area contributed by atoms with Gasteiger partial charge < -0.3 is 0 Å². The summed E-state index contributed by atoms with van der Waals surface area (Å²) in [6, 6.07) is 10.7. The van der Waals surface area contributed by atoms with E-state index in [2.05, 4.69) is 69.9 Å². The molecule has 0 nitrogen and oxygen atoms in total. The Bertz CT molecular complexity index is 370. The zero-order chi connectivity index (χ0) is 12.7. The van der Waals surface area contributed by atoms with Crippen LogP contribution < -0.4 is 0 Å². The standard InChI is InChI=1S/C17H24/c1-5-6-10-16(13-14-17(2,3)4)15-11-8-7-9-12-15/h7-9,11-12,16H,5-6,10H2,1-4H3. The van der Waals surface area contributed by atoms with Gasteiger partial charge in [-0.05, 0) is 32.8 Å². The number of benzene rings is 1. The monoisotopic (exact) mass is 228 g/mol. The zero-order valence-corrected chi connectivity index (χ0v) is 11.6. The van der Waals surface area contributed by atoms with E-state index < -0.39 is 0 Å². The van der Waals surface area contributed by atoms with Crippen LogP contribution in [-0.4, -0.2) is 0 Å². The molecule has 1 atom stereocenters. The average molecular weight is 228 g/mol. The maximum Gasteiger partial charge on any atom is 0.0452 e. The second-order valence-corrected chi connectivity index (χ2v) is 5.62. The molecule has 0 saturated carbocycles. The van der Waals surface area contributed by atoms with Crippen molar-refractivity contribution in [3.63, 3.8) is 0 Å². The topological polar surface area (TPSA) is 0 Å². The molecule has 0 spiro atoms. The highest BCUT2D eigenvalue weighted by Gasteiger charge is 2.09. The van der Waals surface area contributed by atoms with E-state index in [1.807, 2.05) is 0 Å². The van der Waals surface area contributed by atoms with Crippen molar-refractivity contribution in [1.82, 2.24) is 0 Å². The van der Waals surface area contributed by atoms with Crippen LogP contribution in [-0.2, 0) is 0 Å². The fourth-order valence-corrected chi connectivity index (χ4v) is 1.72. The highest BCUT2D eigenvalue weighted by atomic mass is 14.1. The predicted molar refractivity (Wildman–Crippen MR) is 75.9 cm³/mol. The van der Waals surface area contributed by atoms with Crippen LogP contribution >= 0.6 is 0 Å². The number of hydrogen-bond acceptors (Lipinski definition) is 0. The first-order valence-corrected chi connectivity index (χ1v) is 6.60. The van der Waals surface area contributed by atoms with E-state index in [9.17, 15) is 0 Å². The Hall–Kier alpha value is -1.22. The summed E-state index contributed by atoms with van der Waals surface area (Å²) >= 11 is 0. The third-order valence-corrected chi connectivity index (χ3v) is 2.67. The molecule has 1 aromatic carbocycles. The van der Waals surface area contributed by atoms with Gasteiger partial charge in [-0.25, -0.2) is 0 Å². The van der Waals surface area contributed by atoms with Gasteiger partial charge in [-0.3, -0.25) is 0 Å². The smallest absolute Gasteiger partial charge is 0.0452 e. The normalized spacial score (nSPS) is 12.7. The van der Waals surface area contributed by atoms with Crippen molar-refractivity contribution in [2.75, 3.05) is 0 Å². The van der Waals surface area contributed by atoms with Gasteiger partial charge in [0, 0.05) is 11.3 Å². The van der Waals surface area contributed by atoms with Gasteiger partial charge in [0.05, 0.1) is 0 Å². The Morgan fingerprint density at radius 2 is 1.76 bits per heavy atom. The minimum Gasteiger partial charge on any atom is -0.0967 e. The van der Waals surface area contributed by atoms with E-state index in [0.29, 0.717) is 5.92 Å². The molecule has 0 aliphatic heterocycles. The summed E-state index contributed by atoms with van der Waals surface area (Å²) in [5.41, 5.74) is 1.46. The van der Waals surface area contributed by atoms with E-state index >= 15 is 0 Å². The van der Waals surface area contributed by atoms with E-state index in [0.717, 1.165) is 0 Å². The summed E-state index contributed by atoms with van der Waals surface area (Å²) < 4.78 is 0. The number of unbranched alkanes of at least 4 members (excludes halogenated alkanes) is 1. The first-order chi connectivity index (χ1) is 8.03. The Kier molecular flexibility index (Phi) is 5.29. The van der Waals surface area contributed by atoms with E-state index in [-0.39, 0.29) is 5.41 Å². The van der Waals surface area contributed by atoms with Gasteiger partial charge in [-0.15, -0.1) is 0 Å². The molecule has 17 heavy (non-hydrogen) atoms. The minimum atomic E-state index is 0.0965. The van der Waals surface area contributed by atoms with Crippen molar-refractivity contribution >= 4 is 0 Å². The summed E-state index contributed by atoms with van der Waals surface area (Å²) in [7, 11) is 0. The van der Waals surface area contributed by atoms with Crippen LogP contribution in [0.2, 0.25) is 0 Å². The second-order valence-electron chi connectivity index (χ2n) is 5.62. The lowest BCUT2D eigenvalue weighted by molar-refractivity contribution is 0.568. The zero-order valence-electron chi connectivity index (χ0n) is 11.6. The third kappa shape index (κ3) is 5.59. The molecular formula is C17H24. The van der Waals surface area contributed by atoms with Gasteiger partial charge in [0.15, 0.2) is 0 Å². The molecule has 0 saturated heterocycles. The van der Waals surface area contributed by atoms with Gasteiger partial charge in [-0.2, -0.15) is 0 Å². The second kappa shape index (κ2) is 6.50. The Labute approximate surface area is 106 Å². The summed E-state index contributed by atoms with van der Waals surface area (Å²) in [6.45, 7) is 8.74. The Balaban J connectivity index is 2.84.